The molecule has 0 aromatic rings. The largest absolute Gasteiger partial charge is 0.325 e. The monoisotopic (exact) mass is 267 g/mol. The summed E-state index contributed by atoms with van der Waals surface area (Å²) in [7, 11) is 2.12. The van der Waals surface area contributed by atoms with E-state index in [1.807, 2.05) is 0 Å². The summed E-state index contributed by atoms with van der Waals surface area (Å²) in [5, 5.41) is 2.71. The molecule has 1 saturated heterocycles. The molecule has 0 aromatic heterocycles. The lowest BCUT2D eigenvalue weighted by molar-refractivity contribution is -0.130. The van der Waals surface area contributed by atoms with Crippen molar-refractivity contribution < 1.29 is 9.59 Å². The van der Waals surface area contributed by atoms with Crippen LogP contribution < -0.4 is 5.32 Å². The third-order valence-corrected chi connectivity index (χ3v) is 4.34. The van der Waals surface area contributed by atoms with E-state index in [9.17, 15) is 9.59 Å². The molecule has 0 spiro atoms. The summed E-state index contributed by atoms with van der Waals surface area (Å²) in [6, 6.07) is 0.354. The minimum Gasteiger partial charge on any atom is -0.324 e. The van der Waals surface area contributed by atoms with Crippen LogP contribution in [0.2, 0.25) is 0 Å². The van der Waals surface area contributed by atoms with Crippen molar-refractivity contribution in [2.75, 3.05) is 20.1 Å². The number of hydrogen-bond acceptors (Lipinski definition) is 3. The first-order valence-corrected chi connectivity index (χ1v) is 7.17. The van der Waals surface area contributed by atoms with Crippen LogP contribution in [0.5, 0.6) is 0 Å². The van der Waals surface area contributed by atoms with Crippen LogP contribution >= 0.6 is 0 Å². The van der Waals surface area contributed by atoms with Crippen LogP contribution in [0.25, 0.3) is 0 Å². The Kier molecular flexibility index (Phi) is 3.85. The Balaban J connectivity index is 1.76. The van der Waals surface area contributed by atoms with Gasteiger partial charge in [0.2, 0.25) is 0 Å². The second-order valence-corrected chi connectivity index (χ2v) is 6.42. The number of carbonyl (C=O) groups excluding carboxylic acids is 2. The molecule has 0 aromatic carbocycles. The van der Waals surface area contributed by atoms with Gasteiger partial charge in [0.1, 0.15) is 5.54 Å². The Morgan fingerprint density at radius 2 is 2.05 bits per heavy atom. The molecule has 1 aliphatic carbocycles. The number of amides is 3. The first-order chi connectivity index (χ1) is 8.83. The van der Waals surface area contributed by atoms with E-state index in [-0.39, 0.29) is 11.9 Å². The molecule has 19 heavy (non-hydrogen) atoms. The van der Waals surface area contributed by atoms with E-state index >= 15 is 0 Å². The average molecular weight is 267 g/mol. The van der Waals surface area contributed by atoms with Crippen molar-refractivity contribution in [1.82, 2.24) is 15.1 Å². The fraction of sp³-hybridized carbons (Fsp3) is 0.857. The minimum atomic E-state index is -0.746. The summed E-state index contributed by atoms with van der Waals surface area (Å²) in [5.41, 5.74) is -0.746. The van der Waals surface area contributed by atoms with E-state index in [0.29, 0.717) is 12.6 Å². The van der Waals surface area contributed by atoms with Gasteiger partial charge in [-0.15, -0.1) is 0 Å². The highest BCUT2D eigenvalue weighted by Gasteiger charge is 2.43. The molecule has 0 bridgehead atoms. The van der Waals surface area contributed by atoms with E-state index < -0.39 is 5.54 Å². The average Bonchev–Trinajstić information content (AvgIpc) is 3.12. The van der Waals surface area contributed by atoms with Gasteiger partial charge in [0.05, 0.1) is 0 Å². The van der Waals surface area contributed by atoms with E-state index in [1.54, 1.807) is 13.8 Å². The van der Waals surface area contributed by atoms with E-state index in [0.717, 1.165) is 18.9 Å². The number of hydrogen-bond donors (Lipinski definition) is 1. The van der Waals surface area contributed by atoms with Crippen LogP contribution in [0.4, 0.5) is 4.79 Å². The zero-order valence-corrected chi connectivity index (χ0v) is 12.4. The van der Waals surface area contributed by atoms with Crippen LogP contribution in [0.1, 0.15) is 40.0 Å². The van der Waals surface area contributed by atoms with Crippen molar-refractivity contribution >= 4 is 11.9 Å². The summed E-state index contributed by atoms with van der Waals surface area (Å²) in [5.74, 6) is 0.732. The summed E-state index contributed by atoms with van der Waals surface area (Å²) in [6.07, 6.45) is 3.52. The second kappa shape index (κ2) is 5.12. The van der Waals surface area contributed by atoms with Crippen molar-refractivity contribution in [2.45, 2.75) is 51.6 Å². The summed E-state index contributed by atoms with van der Waals surface area (Å²) in [6.45, 7) is 7.18. The third-order valence-electron chi connectivity index (χ3n) is 4.34. The lowest BCUT2D eigenvalue weighted by Gasteiger charge is -2.25. The summed E-state index contributed by atoms with van der Waals surface area (Å²) >= 11 is 0. The Hall–Kier alpha value is -1.10. The molecule has 2 fully saturated rings. The second-order valence-electron chi connectivity index (χ2n) is 6.42. The molecule has 5 nitrogen and oxygen atoms in total. The van der Waals surface area contributed by atoms with Crippen molar-refractivity contribution in [3.63, 3.8) is 0 Å². The number of urea groups is 1. The van der Waals surface area contributed by atoms with E-state index in [2.05, 4.69) is 24.2 Å². The van der Waals surface area contributed by atoms with Gasteiger partial charge < -0.3 is 10.2 Å². The van der Waals surface area contributed by atoms with Crippen molar-refractivity contribution in [3.8, 4) is 0 Å². The maximum absolute atomic E-state index is 12.0. The number of nitrogens with one attached hydrogen (secondary N) is 1. The molecule has 0 radical (unpaired) electrons. The number of rotatable bonds is 6. The van der Waals surface area contributed by atoms with Crippen LogP contribution in [-0.2, 0) is 4.79 Å². The normalized spacial score (nSPS) is 23.9. The molecule has 1 N–H and O–H groups in total. The van der Waals surface area contributed by atoms with Crippen molar-refractivity contribution in [3.05, 3.63) is 0 Å². The van der Waals surface area contributed by atoms with Gasteiger partial charge in [0, 0.05) is 12.6 Å². The van der Waals surface area contributed by atoms with Gasteiger partial charge in [-0.1, -0.05) is 0 Å². The molecule has 1 aliphatic heterocycles. The molecule has 1 saturated carbocycles. The SMILES string of the molecule is CC(C1CC1)N(C)CCCN1C(=O)NC(C)(C)C1=O. The van der Waals surface area contributed by atoms with Gasteiger partial charge in [0.25, 0.3) is 5.91 Å². The highest BCUT2D eigenvalue weighted by Crippen LogP contribution is 2.34. The maximum atomic E-state index is 12.0. The molecule has 1 unspecified atom stereocenters. The van der Waals surface area contributed by atoms with Gasteiger partial charge >= 0.3 is 6.03 Å². The zero-order valence-electron chi connectivity index (χ0n) is 12.4. The van der Waals surface area contributed by atoms with Gasteiger partial charge in [0.15, 0.2) is 0 Å². The Bertz CT molecular complexity index is 377. The van der Waals surface area contributed by atoms with Gasteiger partial charge in [-0.05, 0) is 59.5 Å². The Morgan fingerprint density at radius 3 is 2.53 bits per heavy atom. The standard InChI is InChI=1S/C14H25N3O2/c1-10(11-6-7-11)16(4)8-5-9-17-12(18)14(2,3)15-13(17)19/h10-11H,5-9H2,1-4H3,(H,15,19). The quantitative estimate of drug-likeness (QED) is 0.741. The molecular weight excluding hydrogens is 242 g/mol. The fourth-order valence-electron chi connectivity index (χ4n) is 2.64. The summed E-state index contributed by atoms with van der Waals surface area (Å²) < 4.78 is 0. The molecular formula is C14H25N3O2. The van der Waals surface area contributed by atoms with Crippen LogP contribution in [0.3, 0.4) is 0 Å². The molecule has 2 aliphatic rings. The highest BCUT2D eigenvalue weighted by atomic mass is 16.2. The van der Waals surface area contributed by atoms with Crippen LogP contribution in [0.15, 0.2) is 0 Å². The molecule has 5 heteroatoms. The number of carbonyl (C=O) groups is 2. The lowest BCUT2D eigenvalue weighted by atomic mass is 10.1. The highest BCUT2D eigenvalue weighted by molar-refractivity contribution is 6.06. The molecule has 2 rings (SSSR count). The Morgan fingerprint density at radius 1 is 1.42 bits per heavy atom. The predicted octanol–water partition coefficient (Wildman–Crippen LogP) is 1.44. The molecule has 1 atom stereocenters. The minimum absolute atomic E-state index is 0.115. The van der Waals surface area contributed by atoms with E-state index in [4.69, 9.17) is 0 Å². The zero-order chi connectivity index (χ0) is 14.2. The van der Waals surface area contributed by atoms with E-state index in [1.165, 1.54) is 17.7 Å². The van der Waals surface area contributed by atoms with Gasteiger partial charge in [-0.2, -0.15) is 0 Å². The third kappa shape index (κ3) is 3.08. The fourth-order valence-corrected chi connectivity index (χ4v) is 2.64. The van der Waals surface area contributed by atoms with Crippen molar-refractivity contribution in [2.24, 2.45) is 5.92 Å². The predicted molar refractivity (Wildman–Crippen MR) is 73.8 cm³/mol. The lowest BCUT2D eigenvalue weighted by Crippen LogP contribution is -2.40. The van der Waals surface area contributed by atoms with Crippen LogP contribution in [0, 0.1) is 5.92 Å². The maximum Gasteiger partial charge on any atom is 0.325 e. The Labute approximate surface area is 115 Å². The number of imide groups is 1. The first kappa shape index (κ1) is 14.3. The smallest absolute Gasteiger partial charge is 0.324 e. The molecule has 108 valence electrons. The van der Waals surface area contributed by atoms with Gasteiger partial charge in [-0.25, -0.2) is 4.79 Å². The topological polar surface area (TPSA) is 52.6 Å². The van der Waals surface area contributed by atoms with Crippen molar-refractivity contribution in [1.29, 1.82) is 0 Å². The molecule has 3 amide bonds. The molecule has 1 heterocycles. The first-order valence-electron chi connectivity index (χ1n) is 7.17. The van der Waals surface area contributed by atoms with Gasteiger partial charge in [-0.3, -0.25) is 9.69 Å². The summed E-state index contributed by atoms with van der Waals surface area (Å²) in [4.78, 5) is 27.4. The number of nitrogens with zero attached hydrogens (tertiary/aromatic N) is 2. The van der Waals surface area contributed by atoms with Crippen LogP contribution in [-0.4, -0.2) is 53.5 Å².